The maximum Gasteiger partial charge on any atom is 0.292 e. The molecule has 1 N–H and O–H groups in total. The molecule has 31 heavy (non-hydrogen) atoms. The molecular formula is C22H21BrN4O4. The number of nitrogens with one attached hydrogen (secondary N) is 1. The Morgan fingerprint density at radius 2 is 1.84 bits per heavy atom. The molecule has 1 aliphatic heterocycles. The van der Waals surface area contributed by atoms with Gasteiger partial charge in [-0.1, -0.05) is 15.9 Å². The van der Waals surface area contributed by atoms with Crippen LogP contribution in [0.5, 0.6) is 0 Å². The average Bonchev–Trinajstić information content (AvgIpc) is 3.31. The van der Waals surface area contributed by atoms with E-state index in [1.807, 2.05) is 35.2 Å². The Labute approximate surface area is 187 Å². The van der Waals surface area contributed by atoms with Crippen molar-refractivity contribution in [1.29, 1.82) is 0 Å². The molecule has 0 aliphatic carbocycles. The Kier molecular flexibility index (Phi) is 6.22. The van der Waals surface area contributed by atoms with E-state index in [1.54, 1.807) is 24.5 Å². The first-order chi connectivity index (χ1) is 15.0. The van der Waals surface area contributed by atoms with E-state index in [9.17, 15) is 14.9 Å². The second-order valence-electron chi connectivity index (χ2n) is 7.18. The van der Waals surface area contributed by atoms with Crippen LogP contribution in [0.1, 0.15) is 16.1 Å². The molecule has 1 amide bonds. The summed E-state index contributed by atoms with van der Waals surface area (Å²) in [4.78, 5) is 27.7. The van der Waals surface area contributed by atoms with Crippen LogP contribution in [-0.4, -0.2) is 41.9 Å². The van der Waals surface area contributed by atoms with Crippen molar-refractivity contribution < 1.29 is 14.1 Å². The number of hydrogen-bond donors (Lipinski definition) is 1. The number of carbonyl (C=O) groups is 1. The van der Waals surface area contributed by atoms with Gasteiger partial charge in [0, 0.05) is 48.0 Å². The molecule has 1 fully saturated rings. The van der Waals surface area contributed by atoms with Crippen LogP contribution in [0.15, 0.2) is 69.8 Å². The Balaban J connectivity index is 1.43. The SMILES string of the molecule is O=C(c1ccc(Br)cc1)N1CCN(c2ccc([N+](=O)[O-])c(NCc3ccco3)c2)CC1. The van der Waals surface area contributed by atoms with Crippen molar-refractivity contribution in [2.45, 2.75) is 6.54 Å². The van der Waals surface area contributed by atoms with Gasteiger partial charge in [-0.3, -0.25) is 14.9 Å². The molecule has 4 rings (SSSR count). The highest BCUT2D eigenvalue weighted by molar-refractivity contribution is 9.10. The van der Waals surface area contributed by atoms with E-state index in [0.717, 1.165) is 10.2 Å². The van der Waals surface area contributed by atoms with Crippen LogP contribution in [0, 0.1) is 10.1 Å². The summed E-state index contributed by atoms with van der Waals surface area (Å²) in [5.74, 6) is 0.705. The molecule has 1 aliphatic rings. The first-order valence-electron chi connectivity index (χ1n) is 9.86. The third kappa shape index (κ3) is 4.88. The summed E-state index contributed by atoms with van der Waals surface area (Å²) in [5.41, 5.74) is 1.99. The molecular weight excluding hydrogens is 464 g/mol. The van der Waals surface area contributed by atoms with Gasteiger partial charge in [-0.15, -0.1) is 0 Å². The van der Waals surface area contributed by atoms with Crippen molar-refractivity contribution in [2.75, 3.05) is 36.4 Å². The van der Waals surface area contributed by atoms with Crippen LogP contribution >= 0.6 is 15.9 Å². The maximum atomic E-state index is 12.7. The minimum atomic E-state index is -0.400. The van der Waals surface area contributed by atoms with Crippen molar-refractivity contribution in [3.63, 3.8) is 0 Å². The van der Waals surface area contributed by atoms with Gasteiger partial charge in [-0.25, -0.2) is 0 Å². The average molecular weight is 485 g/mol. The zero-order valence-electron chi connectivity index (χ0n) is 16.7. The largest absolute Gasteiger partial charge is 0.467 e. The summed E-state index contributed by atoms with van der Waals surface area (Å²) in [6.07, 6.45) is 1.57. The van der Waals surface area contributed by atoms with Crippen LogP contribution in [0.2, 0.25) is 0 Å². The lowest BCUT2D eigenvalue weighted by Gasteiger charge is -2.36. The molecule has 3 aromatic rings. The molecule has 2 aromatic carbocycles. The van der Waals surface area contributed by atoms with Gasteiger partial charge in [0.05, 0.1) is 17.7 Å². The lowest BCUT2D eigenvalue weighted by molar-refractivity contribution is -0.384. The van der Waals surface area contributed by atoms with Crippen LogP contribution in [-0.2, 0) is 6.54 Å². The molecule has 0 bridgehead atoms. The molecule has 160 valence electrons. The molecule has 0 radical (unpaired) electrons. The second kappa shape index (κ2) is 9.22. The summed E-state index contributed by atoms with van der Waals surface area (Å²) in [6.45, 7) is 2.82. The number of benzene rings is 2. The standard InChI is InChI=1S/C22H21BrN4O4/c23-17-5-3-16(4-6-17)22(28)26-11-9-25(10-12-26)18-7-8-21(27(29)30)20(14-18)24-15-19-2-1-13-31-19/h1-8,13-14,24H,9-12,15H2. The fraction of sp³-hybridized carbons (Fsp3) is 0.227. The zero-order valence-corrected chi connectivity index (χ0v) is 18.2. The number of halogens is 1. The number of carbonyl (C=O) groups excluding carboxylic acids is 1. The van der Waals surface area contributed by atoms with E-state index in [2.05, 4.69) is 26.1 Å². The first kappa shape index (κ1) is 20.9. The Bertz CT molecular complexity index is 1060. The number of nitro benzene ring substituents is 1. The lowest BCUT2D eigenvalue weighted by atomic mass is 10.1. The summed E-state index contributed by atoms with van der Waals surface area (Å²) < 4.78 is 6.23. The van der Waals surface area contributed by atoms with Gasteiger partial charge in [0.15, 0.2) is 0 Å². The minimum Gasteiger partial charge on any atom is -0.467 e. The number of amides is 1. The van der Waals surface area contributed by atoms with E-state index in [-0.39, 0.29) is 11.6 Å². The van der Waals surface area contributed by atoms with E-state index < -0.39 is 4.92 Å². The van der Waals surface area contributed by atoms with Crippen molar-refractivity contribution in [3.8, 4) is 0 Å². The number of furan rings is 1. The number of nitro groups is 1. The second-order valence-corrected chi connectivity index (χ2v) is 8.09. The fourth-order valence-electron chi connectivity index (χ4n) is 3.56. The molecule has 0 spiro atoms. The number of piperazine rings is 1. The van der Waals surface area contributed by atoms with Crippen LogP contribution < -0.4 is 10.2 Å². The molecule has 2 heterocycles. The van der Waals surface area contributed by atoms with Gasteiger partial charge in [0.1, 0.15) is 11.4 Å². The van der Waals surface area contributed by atoms with Crippen LogP contribution in [0.25, 0.3) is 0 Å². The van der Waals surface area contributed by atoms with E-state index in [0.29, 0.717) is 49.7 Å². The molecule has 0 atom stereocenters. The predicted octanol–water partition coefficient (Wildman–Crippen LogP) is 4.52. The topological polar surface area (TPSA) is 91.9 Å². The third-order valence-corrected chi connectivity index (χ3v) is 5.76. The molecule has 1 saturated heterocycles. The third-order valence-electron chi connectivity index (χ3n) is 5.23. The Hall–Kier alpha value is -3.33. The lowest BCUT2D eigenvalue weighted by Crippen LogP contribution is -2.48. The number of rotatable bonds is 6. The maximum absolute atomic E-state index is 12.7. The smallest absolute Gasteiger partial charge is 0.292 e. The highest BCUT2D eigenvalue weighted by Crippen LogP contribution is 2.30. The van der Waals surface area contributed by atoms with Gasteiger partial charge in [0.25, 0.3) is 11.6 Å². The monoisotopic (exact) mass is 484 g/mol. The number of hydrogen-bond acceptors (Lipinski definition) is 6. The highest BCUT2D eigenvalue weighted by atomic mass is 79.9. The van der Waals surface area contributed by atoms with Crippen molar-refractivity contribution >= 4 is 38.9 Å². The summed E-state index contributed by atoms with van der Waals surface area (Å²) in [5, 5.41) is 14.5. The van der Waals surface area contributed by atoms with Crippen molar-refractivity contribution in [3.05, 3.63) is 86.8 Å². The number of nitrogens with zero attached hydrogens (tertiary/aromatic N) is 3. The first-order valence-corrected chi connectivity index (χ1v) is 10.6. The van der Waals surface area contributed by atoms with Gasteiger partial charge in [0.2, 0.25) is 0 Å². The van der Waals surface area contributed by atoms with Gasteiger partial charge in [-0.05, 0) is 48.5 Å². The summed E-state index contributed by atoms with van der Waals surface area (Å²) >= 11 is 3.38. The van der Waals surface area contributed by atoms with Gasteiger partial charge in [-0.2, -0.15) is 0 Å². The van der Waals surface area contributed by atoms with E-state index in [4.69, 9.17) is 4.42 Å². The van der Waals surface area contributed by atoms with Crippen molar-refractivity contribution in [2.24, 2.45) is 0 Å². The zero-order chi connectivity index (χ0) is 21.8. The molecule has 8 nitrogen and oxygen atoms in total. The van der Waals surface area contributed by atoms with E-state index in [1.165, 1.54) is 6.07 Å². The number of anilines is 2. The highest BCUT2D eigenvalue weighted by Gasteiger charge is 2.24. The van der Waals surface area contributed by atoms with E-state index >= 15 is 0 Å². The van der Waals surface area contributed by atoms with Crippen LogP contribution in [0.3, 0.4) is 0 Å². The van der Waals surface area contributed by atoms with Gasteiger partial charge < -0.3 is 19.5 Å². The summed E-state index contributed by atoms with van der Waals surface area (Å²) in [6, 6.07) is 16.0. The predicted molar refractivity (Wildman–Crippen MR) is 121 cm³/mol. The molecule has 9 heteroatoms. The normalized spacial score (nSPS) is 13.8. The Morgan fingerprint density at radius 1 is 1.10 bits per heavy atom. The quantitative estimate of drug-likeness (QED) is 0.408. The molecule has 0 saturated carbocycles. The van der Waals surface area contributed by atoms with Gasteiger partial charge >= 0.3 is 0 Å². The Morgan fingerprint density at radius 3 is 2.48 bits per heavy atom. The summed E-state index contributed by atoms with van der Waals surface area (Å²) in [7, 11) is 0. The molecule has 0 unspecified atom stereocenters. The molecule has 1 aromatic heterocycles. The fourth-order valence-corrected chi connectivity index (χ4v) is 3.82. The van der Waals surface area contributed by atoms with Crippen LogP contribution in [0.4, 0.5) is 17.1 Å². The minimum absolute atomic E-state index is 0.0108. The van der Waals surface area contributed by atoms with Crippen molar-refractivity contribution in [1.82, 2.24) is 4.90 Å².